The van der Waals surface area contributed by atoms with Gasteiger partial charge in [0, 0.05) is 19.6 Å². The van der Waals surface area contributed by atoms with Gasteiger partial charge >= 0.3 is 0 Å². The molecule has 4 aromatic carbocycles. The Morgan fingerprint density at radius 2 is 1.05 bits per heavy atom. The van der Waals surface area contributed by atoms with Gasteiger partial charge in [0.2, 0.25) is 0 Å². The Labute approximate surface area is 256 Å². The van der Waals surface area contributed by atoms with Crippen molar-refractivity contribution in [2.24, 2.45) is 5.41 Å². The van der Waals surface area contributed by atoms with Crippen molar-refractivity contribution in [2.75, 3.05) is 12.5 Å². The summed E-state index contributed by atoms with van der Waals surface area (Å²) in [7, 11) is -1.02. The molecule has 4 aromatic rings. The third-order valence-electron chi connectivity index (χ3n) is 6.51. The second kappa shape index (κ2) is 14.1. The molecule has 0 bridgehead atoms. The van der Waals surface area contributed by atoms with Gasteiger partial charge in [-0.3, -0.25) is 0 Å². The third kappa shape index (κ3) is 9.14. The molecule has 0 atom stereocenters. The molecule has 0 fully saturated rings. The van der Waals surface area contributed by atoms with Crippen LogP contribution >= 0.6 is 45.3 Å². The van der Waals surface area contributed by atoms with E-state index in [0.717, 1.165) is 6.42 Å². The molecule has 0 aliphatic heterocycles. The standard InChI is InChI=1S/C36H40S4/c1-7-28-8-20-34(21-9-28)40(5,6)35-22-10-29(11-23-35)24-26-37-30-12-16-32(17-13-30)39-33-18-14-31(15-19-33)38-27-25-36(2,3)4/h8-27H,7H2,1-6H3/b26-24+,27-25+. The van der Waals surface area contributed by atoms with Crippen molar-refractivity contribution >= 4 is 51.4 Å². The molecule has 0 aliphatic carbocycles. The van der Waals surface area contributed by atoms with Crippen molar-refractivity contribution in [1.82, 2.24) is 0 Å². The number of benzene rings is 4. The van der Waals surface area contributed by atoms with E-state index in [1.165, 1.54) is 40.5 Å². The Balaban J connectivity index is 1.29. The van der Waals surface area contributed by atoms with Gasteiger partial charge in [0.15, 0.2) is 0 Å². The highest BCUT2D eigenvalue weighted by atomic mass is 32.3. The first kappa shape index (κ1) is 30.7. The van der Waals surface area contributed by atoms with Crippen LogP contribution in [-0.4, -0.2) is 12.5 Å². The fraction of sp³-hybridized carbons (Fsp3) is 0.222. The fourth-order valence-corrected chi connectivity index (χ4v) is 8.26. The second-order valence-corrected chi connectivity index (χ2v) is 17.8. The van der Waals surface area contributed by atoms with Crippen LogP contribution in [0.1, 0.15) is 38.8 Å². The first-order valence-electron chi connectivity index (χ1n) is 13.6. The van der Waals surface area contributed by atoms with Gasteiger partial charge in [0.1, 0.15) is 0 Å². The van der Waals surface area contributed by atoms with Crippen molar-refractivity contribution in [3.05, 3.63) is 125 Å². The van der Waals surface area contributed by atoms with Gasteiger partial charge in [-0.25, -0.2) is 0 Å². The average Bonchev–Trinajstić information content (AvgIpc) is 2.94. The molecule has 0 saturated carbocycles. The molecular weight excluding hydrogens is 561 g/mol. The van der Waals surface area contributed by atoms with Crippen LogP contribution in [0.4, 0.5) is 0 Å². The molecule has 0 aromatic heterocycles. The largest absolute Gasteiger partial charge is 0.194 e. The van der Waals surface area contributed by atoms with Crippen LogP contribution in [0.5, 0.6) is 0 Å². The van der Waals surface area contributed by atoms with Crippen molar-refractivity contribution in [1.29, 1.82) is 0 Å². The van der Waals surface area contributed by atoms with E-state index in [9.17, 15) is 0 Å². The molecule has 4 heteroatoms. The van der Waals surface area contributed by atoms with E-state index in [4.69, 9.17) is 0 Å². The van der Waals surface area contributed by atoms with Crippen molar-refractivity contribution in [3.8, 4) is 0 Å². The van der Waals surface area contributed by atoms with Gasteiger partial charge in [-0.2, -0.15) is 10.0 Å². The molecule has 4 rings (SSSR count). The van der Waals surface area contributed by atoms with Gasteiger partial charge in [-0.15, -0.1) is 0 Å². The number of thioether (sulfide) groups is 2. The van der Waals surface area contributed by atoms with Gasteiger partial charge in [0.05, 0.1) is 0 Å². The summed E-state index contributed by atoms with van der Waals surface area (Å²) in [4.78, 5) is 7.88. The Kier molecular flexibility index (Phi) is 10.8. The zero-order chi connectivity index (χ0) is 28.6. The van der Waals surface area contributed by atoms with E-state index in [2.05, 4.69) is 160 Å². The van der Waals surface area contributed by atoms with Crippen LogP contribution < -0.4 is 0 Å². The topological polar surface area (TPSA) is 0 Å². The molecule has 0 nitrogen and oxygen atoms in total. The molecule has 0 N–H and O–H groups in total. The summed E-state index contributed by atoms with van der Waals surface area (Å²) in [5.74, 6) is 0. The van der Waals surface area contributed by atoms with Crippen LogP contribution in [0.3, 0.4) is 0 Å². The average molecular weight is 601 g/mol. The molecule has 208 valence electrons. The van der Waals surface area contributed by atoms with Crippen molar-refractivity contribution < 1.29 is 0 Å². The fourth-order valence-electron chi connectivity index (χ4n) is 3.94. The van der Waals surface area contributed by atoms with E-state index in [-0.39, 0.29) is 5.41 Å². The summed E-state index contributed by atoms with van der Waals surface area (Å²) in [5.41, 5.74) is 2.85. The van der Waals surface area contributed by atoms with E-state index < -0.39 is 10.0 Å². The number of allylic oxidation sites excluding steroid dienone is 1. The lowest BCUT2D eigenvalue weighted by atomic mass is 9.98. The lowest BCUT2D eigenvalue weighted by Gasteiger charge is -2.32. The highest BCUT2D eigenvalue weighted by molar-refractivity contribution is 8.32. The molecule has 0 heterocycles. The Hall–Kier alpha value is -2.24. The number of hydrogen-bond donors (Lipinski definition) is 0. The SMILES string of the molecule is CCc1ccc(S(C)(C)c2ccc(/C=C/Sc3ccc(Sc4ccc(S/C=C/C(C)(C)C)cc4)cc3)cc2)cc1. The minimum absolute atomic E-state index is 0.217. The van der Waals surface area contributed by atoms with Crippen LogP contribution in [0.15, 0.2) is 143 Å². The van der Waals surface area contributed by atoms with Gasteiger partial charge in [0.25, 0.3) is 0 Å². The van der Waals surface area contributed by atoms with E-state index in [1.807, 2.05) is 0 Å². The highest BCUT2D eigenvalue weighted by Gasteiger charge is 2.17. The highest BCUT2D eigenvalue weighted by Crippen LogP contribution is 2.56. The van der Waals surface area contributed by atoms with Crippen LogP contribution in [0.25, 0.3) is 6.08 Å². The van der Waals surface area contributed by atoms with Crippen molar-refractivity contribution in [3.63, 3.8) is 0 Å². The predicted octanol–water partition coefficient (Wildman–Crippen LogP) is 12.3. The van der Waals surface area contributed by atoms with Gasteiger partial charge in [-0.1, -0.05) is 93.3 Å². The zero-order valence-corrected chi connectivity index (χ0v) is 27.7. The predicted molar refractivity (Wildman–Crippen MR) is 185 cm³/mol. The Morgan fingerprint density at radius 3 is 1.52 bits per heavy atom. The smallest absolute Gasteiger partial charge is 0.0123 e. The van der Waals surface area contributed by atoms with Gasteiger partial charge in [-0.05, 0) is 135 Å². The Morgan fingerprint density at radius 1 is 0.600 bits per heavy atom. The first-order chi connectivity index (χ1) is 19.1. The monoisotopic (exact) mass is 600 g/mol. The lowest BCUT2D eigenvalue weighted by Crippen LogP contribution is -1.98. The summed E-state index contributed by atoms with van der Waals surface area (Å²) >= 11 is 5.34. The summed E-state index contributed by atoms with van der Waals surface area (Å²) in [6.45, 7) is 8.87. The molecule has 0 aliphatic rings. The lowest BCUT2D eigenvalue weighted by molar-refractivity contribution is 0.545. The minimum Gasteiger partial charge on any atom is -0.194 e. The molecular formula is C36H40S4. The molecule has 40 heavy (non-hydrogen) atoms. The summed E-state index contributed by atoms with van der Waals surface area (Å²) < 4.78 is 0. The van der Waals surface area contributed by atoms with Crippen LogP contribution in [0.2, 0.25) is 0 Å². The quantitative estimate of drug-likeness (QED) is 0.166. The van der Waals surface area contributed by atoms with E-state index in [0.29, 0.717) is 0 Å². The number of hydrogen-bond acceptors (Lipinski definition) is 3. The maximum atomic E-state index is 2.39. The number of rotatable bonds is 10. The first-order valence-corrected chi connectivity index (χ1v) is 18.6. The third-order valence-corrected chi connectivity index (χ3v) is 12.1. The maximum Gasteiger partial charge on any atom is 0.0123 e. The van der Waals surface area contributed by atoms with Crippen LogP contribution in [0, 0.1) is 5.41 Å². The molecule has 0 saturated heterocycles. The zero-order valence-electron chi connectivity index (χ0n) is 24.4. The summed E-state index contributed by atoms with van der Waals surface area (Å²) in [6, 6.07) is 35.9. The summed E-state index contributed by atoms with van der Waals surface area (Å²) in [6.07, 6.45) is 10.3. The molecule has 0 radical (unpaired) electrons. The molecule has 0 spiro atoms. The Bertz CT molecular complexity index is 1410. The van der Waals surface area contributed by atoms with Crippen LogP contribution in [-0.2, 0) is 6.42 Å². The van der Waals surface area contributed by atoms with Crippen molar-refractivity contribution in [2.45, 2.75) is 63.5 Å². The van der Waals surface area contributed by atoms with Gasteiger partial charge < -0.3 is 0 Å². The normalized spacial score (nSPS) is 12.8. The molecule has 0 unspecified atom stereocenters. The number of aryl methyl sites for hydroxylation is 1. The molecule has 0 amide bonds. The van der Waals surface area contributed by atoms with E-state index >= 15 is 0 Å². The summed E-state index contributed by atoms with van der Waals surface area (Å²) in [5, 5.41) is 4.38. The minimum atomic E-state index is -1.02. The maximum absolute atomic E-state index is 2.39. The van der Waals surface area contributed by atoms with E-state index in [1.54, 1.807) is 35.3 Å². The second-order valence-electron chi connectivity index (χ2n) is 11.1.